The number of ether oxygens (including phenoxy) is 1. The second-order valence-corrected chi connectivity index (χ2v) is 11.3. The summed E-state index contributed by atoms with van der Waals surface area (Å²) in [6, 6.07) is 0. The summed E-state index contributed by atoms with van der Waals surface area (Å²) in [5, 5.41) is 0.561. The van der Waals surface area contributed by atoms with Gasteiger partial charge in [-0.25, -0.2) is 0 Å². The summed E-state index contributed by atoms with van der Waals surface area (Å²) in [7, 11) is 3.25. The van der Waals surface area contributed by atoms with Gasteiger partial charge in [-0.05, 0) is 91.8 Å². The van der Waals surface area contributed by atoms with Crippen LogP contribution in [0.25, 0.3) is 0 Å². The summed E-state index contributed by atoms with van der Waals surface area (Å²) in [6.45, 7) is 7.60. The van der Waals surface area contributed by atoms with E-state index >= 15 is 0 Å². The van der Waals surface area contributed by atoms with Crippen LogP contribution in [0.5, 0.6) is 0 Å². The molecule has 0 aromatic rings. The van der Waals surface area contributed by atoms with Crippen molar-refractivity contribution in [3.8, 4) is 0 Å². The van der Waals surface area contributed by atoms with Gasteiger partial charge in [0.2, 0.25) is 0 Å². The standard InChI is InChI=1S/C22H35BrO.C2H6O/c1-14-8-10-21(2)15(12-14)4-5-16-17-6-7-19(20(24)13-23)22(17,3)11-9-18(16)21;1-3-2/h14-19H,4-13H2,1-3H3;1-2H3. The molecule has 4 fully saturated rings. The number of carbonyl (C=O) groups is 1. The molecule has 0 radical (unpaired) electrons. The van der Waals surface area contributed by atoms with Crippen molar-refractivity contribution in [2.24, 2.45) is 46.3 Å². The first kappa shape index (κ1) is 21.8. The second-order valence-electron chi connectivity index (χ2n) is 10.7. The van der Waals surface area contributed by atoms with Crippen LogP contribution in [0, 0.1) is 46.3 Å². The molecule has 0 N–H and O–H groups in total. The molecule has 4 saturated carbocycles. The Bertz CT molecular complexity index is 534. The summed E-state index contributed by atoms with van der Waals surface area (Å²) >= 11 is 3.44. The summed E-state index contributed by atoms with van der Waals surface area (Å²) < 4.78 is 4.25. The van der Waals surface area contributed by atoms with Gasteiger partial charge in [-0.3, -0.25) is 4.79 Å². The first-order valence-electron chi connectivity index (χ1n) is 11.3. The normalized spacial score (nSPS) is 48.5. The molecule has 2 nitrogen and oxygen atoms in total. The van der Waals surface area contributed by atoms with Crippen LogP contribution in [-0.4, -0.2) is 25.3 Å². The highest BCUT2D eigenvalue weighted by Crippen LogP contribution is 2.67. The van der Waals surface area contributed by atoms with Gasteiger partial charge < -0.3 is 4.74 Å². The fraction of sp³-hybridized carbons (Fsp3) is 0.958. The summed E-state index contributed by atoms with van der Waals surface area (Å²) in [5.41, 5.74) is 0.908. The average Bonchev–Trinajstić information content (AvgIpc) is 2.99. The Hall–Kier alpha value is 0.110. The predicted octanol–water partition coefficient (Wildman–Crippen LogP) is 6.51. The number of alkyl halides is 1. The Morgan fingerprint density at radius 1 is 0.963 bits per heavy atom. The third kappa shape index (κ3) is 3.69. The number of carbonyl (C=O) groups excluding carboxylic acids is 1. The van der Waals surface area contributed by atoms with Crippen molar-refractivity contribution in [1.29, 1.82) is 0 Å². The number of hydrogen-bond acceptors (Lipinski definition) is 2. The van der Waals surface area contributed by atoms with Crippen LogP contribution in [0.3, 0.4) is 0 Å². The van der Waals surface area contributed by atoms with Crippen LogP contribution in [0.4, 0.5) is 0 Å². The lowest BCUT2D eigenvalue weighted by Crippen LogP contribution is -2.53. The molecule has 0 saturated heterocycles. The lowest BCUT2D eigenvalue weighted by Gasteiger charge is -2.61. The van der Waals surface area contributed by atoms with Gasteiger partial charge >= 0.3 is 0 Å². The van der Waals surface area contributed by atoms with Gasteiger partial charge in [-0.2, -0.15) is 0 Å². The Morgan fingerprint density at radius 2 is 1.59 bits per heavy atom. The number of methoxy groups -OCH3 is 1. The van der Waals surface area contributed by atoms with Crippen LogP contribution >= 0.6 is 15.9 Å². The molecule has 156 valence electrons. The molecular formula is C24H41BrO2. The smallest absolute Gasteiger partial charge is 0.147 e. The van der Waals surface area contributed by atoms with Gasteiger partial charge in [0, 0.05) is 20.1 Å². The van der Waals surface area contributed by atoms with Crippen molar-refractivity contribution in [3.63, 3.8) is 0 Å². The first-order chi connectivity index (χ1) is 12.8. The molecule has 0 spiro atoms. The fourth-order valence-corrected chi connectivity index (χ4v) is 8.49. The van der Waals surface area contributed by atoms with Crippen molar-refractivity contribution in [2.45, 2.75) is 78.6 Å². The zero-order chi connectivity index (χ0) is 19.8. The van der Waals surface area contributed by atoms with Crippen LogP contribution in [0.2, 0.25) is 0 Å². The van der Waals surface area contributed by atoms with E-state index in [1.807, 2.05) is 0 Å². The Balaban J connectivity index is 0.000000659. The molecule has 3 heteroatoms. The highest BCUT2D eigenvalue weighted by Gasteiger charge is 2.60. The quantitative estimate of drug-likeness (QED) is 0.457. The second kappa shape index (κ2) is 8.46. The first-order valence-corrected chi connectivity index (χ1v) is 12.4. The monoisotopic (exact) mass is 440 g/mol. The molecule has 0 bridgehead atoms. The Morgan fingerprint density at radius 3 is 2.26 bits per heavy atom. The van der Waals surface area contributed by atoms with Gasteiger partial charge in [-0.1, -0.05) is 43.1 Å². The number of fused-ring (bicyclic) bond motifs is 5. The maximum Gasteiger partial charge on any atom is 0.147 e. The number of rotatable bonds is 2. The van der Waals surface area contributed by atoms with E-state index < -0.39 is 0 Å². The van der Waals surface area contributed by atoms with Gasteiger partial charge in [0.25, 0.3) is 0 Å². The minimum atomic E-state index is 0.303. The molecule has 0 amide bonds. The van der Waals surface area contributed by atoms with E-state index in [4.69, 9.17) is 0 Å². The maximum atomic E-state index is 12.5. The minimum absolute atomic E-state index is 0.303. The van der Waals surface area contributed by atoms with Gasteiger partial charge in [0.1, 0.15) is 5.78 Å². The van der Waals surface area contributed by atoms with E-state index in [1.165, 1.54) is 51.4 Å². The van der Waals surface area contributed by atoms with Gasteiger partial charge in [0.05, 0.1) is 5.33 Å². The van der Waals surface area contributed by atoms with E-state index in [9.17, 15) is 4.79 Å². The molecule has 8 atom stereocenters. The Kier molecular flexibility index (Phi) is 6.83. The molecule has 8 unspecified atom stereocenters. The van der Waals surface area contributed by atoms with Crippen LogP contribution in [0.1, 0.15) is 78.6 Å². The molecule has 4 aliphatic rings. The van der Waals surface area contributed by atoms with Crippen molar-refractivity contribution in [3.05, 3.63) is 0 Å². The molecule has 27 heavy (non-hydrogen) atoms. The number of ketones is 1. The molecule has 0 aromatic heterocycles. The zero-order valence-corrected chi connectivity index (χ0v) is 19.8. The minimum Gasteiger partial charge on any atom is -0.388 e. The van der Waals surface area contributed by atoms with Gasteiger partial charge in [-0.15, -0.1) is 0 Å². The Labute approximate surface area is 175 Å². The third-order valence-electron chi connectivity index (χ3n) is 9.45. The third-order valence-corrected chi connectivity index (χ3v) is 10.0. The molecular weight excluding hydrogens is 400 g/mol. The number of hydrogen-bond donors (Lipinski definition) is 0. The molecule has 0 aromatic carbocycles. The van der Waals surface area contributed by atoms with Gasteiger partial charge in [0.15, 0.2) is 0 Å². The lowest BCUT2D eigenvalue weighted by molar-refractivity contribution is -0.134. The zero-order valence-electron chi connectivity index (χ0n) is 18.2. The van der Waals surface area contributed by atoms with Crippen LogP contribution < -0.4 is 0 Å². The van der Waals surface area contributed by atoms with E-state index in [1.54, 1.807) is 14.2 Å². The lowest BCUT2D eigenvalue weighted by atomic mass is 9.44. The molecule has 0 aliphatic heterocycles. The average molecular weight is 441 g/mol. The highest BCUT2D eigenvalue weighted by atomic mass is 79.9. The number of Topliss-reactive ketones (excluding diaryl/α,β-unsaturated/α-hetero) is 1. The van der Waals surface area contributed by atoms with Crippen LogP contribution in [0.15, 0.2) is 0 Å². The van der Waals surface area contributed by atoms with E-state index in [-0.39, 0.29) is 0 Å². The van der Waals surface area contributed by atoms with Crippen molar-refractivity contribution in [1.82, 2.24) is 0 Å². The fourth-order valence-electron chi connectivity index (χ4n) is 8.09. The molecule has 4 aliphatic carbocycles. The van der Waals surface area contributed by atoms with E-state index in [2.05, 4.69) is 41.4 Å². The number of halogens is 1. The van der Waals surface area contributed by atoms with Crippen LogP contribution in [-0.2, 0) is 9.53 Å². The van der Waals surface area contributed by atoms with Crippen molar-refractivity contribution < 1.29 is 9.53 Å². The summed E-state index contributed by atoms with van der Waals surface area (Å²) in [4.78, 5) is 12.5. The summed E-state index contributed by atoms with van der Waals surface area (Å²) in [5.74, 6) is 5.41. The van der Waals surface area contributed by atoms with Crippen molar-refractivity contribution in [2.75, 3.05) is 19.5 Å². The molecule has 4 rings (SSSR count). The highest BCUT2D eigenvalue weighted by molar-refractivity contribution is 9.09. The largest absolute Gasteiger partial charge is 0.388 e. The SMILES string of the molecule is CC1CCC2(C)C(CCC3C2CCC2(C)C(C(=O)CBr)CCC32)C1.COC. The van der Waals surface area contributed by atoms with E-state index in [0.29, 0.717) is 27.9 Å². The topological polar surface area (TPSA) is 26.3 Å². The van der Waals surface area contributed by atoms with E-state index in [0.717, 1.165) is 36.0 Å². The maximum absolute atomic E-state index is 12.5. The predicted molar refractivity (Wildman–Crippen MR) is 116 cm³/mol. The molecule has 0 heterocycles. The van der Waals surface area contributed by atoms with Crippen molar-refractivity contribution >= 4 is 21.7 Å². The summed E-state index contributed by atoms with van der Waals surface area (Å²) in [6.07, 6.45) is 12.5.